The molecular weight excluding hydrogens is 311 g/mol. The molecule has 1 unspecified atom stereocenters. The van der Waals surface area contributed by atoms with Crippen molar-refractivity contribution in [2.45, 2.75) is 43.5 Å². The Kier molecular flexibility index (Phi) is 4.49. The molecule has 0 aliphatic carbocycles. The van der Waals surface area contributed by atoms with Crippen LogP contribution in [-0.4, -0.2) is 14.9 Å². The van der Waals surface area contributed by atoms with E-state index in [4.69, 9.17) is 17.4 Å². The van der Waals surface area contributed by atoms with Crippen LogP contribution in [0.5, 0.6) is 0 Å². The van der Waals surface area contributed by atoms with Gasteiger partial charge in [0.15, 0.2) is 5.82 Å². The van der Waals surface area contributed by atoms with Crippen molar-refractivity contribution >= 4 is 23.4 Å². The third kappa shape index (κ3) is 3.49. The quantitative estimate of drug-likeness (QED) is 0.685. The Bertz CT molecular complexity index is 651. The highest BCUT2D eigenvalue weighted by atomic mass is 35.5. The van der Waals surface area contributed by atoms with Crippen LogP contribution in [0, 0.1) is 5.82 Å². The van der Waals surface area contributed by atoms with Crippen molar-refractivity contribution in [1.82, 2.24) is 14.9 Å². The summed E-state index contributed by atoms with van der Waals surface area (Å²) in [6.07, 6.45) is 0. The maximum absolute atomic E-state index is 13.2. The molecule has 2 N–H and O–H groups in total. The molecule has 0 aliphatic heterocycles. The van der Waals surface area contributed by atoms with Gasteiger partial charge in [-0.05, 0) is 24.6 Å². The number of halogens is 2. The van der Waals surface area contributed by atoms with Gasteiger partial charge in [-0.2, -0.15) is 0 Å². The molecule has 21 heavy (non-hydrogen) atoms. The van der Waals surface area contributed by atoms with Gasteiger partial charge in [0, 0.05) is 10.7 Å². The fraction of sp³-hybridized carbons (Fsp3) is 0.429. The molecular formula is C14H18ClFN4S. The minimum absolute atomic E-state index is 0.0300. The van der Waals surface area contributed by atoms with Crippen LogP contribution < -0.4 is 5.84 Å². The van der Waals surface area contributed by atoms with E-state index in [-0.39, 0.29) is 15.7 Å². The molecule has 0 amide bonds. The Morgan fingerprint density at radius 1 is 1.33 bits per heavy atom. The molecule has 4 nitrogen and oxygen atoms in total. The van der Waals surface area contributed by atoms with Crippen molar-refractivity contribution in [3.63, 3.8) is 0 Å². The second-order valence-corrected chi connectivity index (χ2v) is 7.57. The van der Waals surface area contributed by atoms with Crippen LogP contribution in [0.1, 0.15) is 44.3 Å². The molecule has 1 heterocycles. The molecule has 1 aromatic carbocycles. The fourth-order valence-electron chi connectivity index (χ4n) is 1.86. The first kappa shape index (κ1) is 16.1. The number of thioether (sulfide) groups is 1. The van der Waals surface area contributed by atoms with Crippen molar-refractivity contribution in [3.05, 3.63) is 40.4 Å². The fourth-order valence-corrected chi connectivity index (χ4v) is 2.94. The smallest absolute Gasteiger partial charge is 0.210 e. The summed E-state index contributed by atoms with van der Waals surface area (Å²) in [5, 5.41) is 9.04. The normalized spacial score (nSPS) is 13.4. The number of nitrogen functional groups attached to an aromatic ring is 1. The number of nitrogens with zero attached hydrogens (tertiary/aromatic N) is 3. The Balaban J connectivity index is 2.22. The van der Waals surface area contributed by atoms with Gasteiger partial charge >= 0.3 is 0 Å². The SMILES string of the molecule is CC(Sc1nnc(C(C)(C)C)n1N)c1ccc(F)c(Cl)c1. The van der Waals surface area contributed by atoms with Gasteiger partial charge in [-0.15, -0.1) is 10.2 Å². The summed E-state index contributed by atoms with van der Waals surface area (Å²) in [5.74, 6) is 6.35. The first-order valence-electron chi connectivity index (χ1n) is 6.52. The van der Waals surface area contributed by atoms with Crippen molar-refractivity contribution in [1.29, 1.82) is 0 Å². The van der Waals surface area contributed by atoms with Crippen LogP contribution in [-0.2, 0) is 5.41 Å². The van der Waals surface area contributed by atoms with E-state index in [9.17, 15) is 4.39 Å². The van der Waals surface area contributed by atoms with Gasteiger partial charge in [-0.1, -0.05) is 50.2 Å². The van der Waals surface area contributed by atoms with Gasteiger partial charge < -0.3 is 5.84 Å². The van der Waals surface area contributed by atoms with E-state index < -0.39 is 5.82 Å². The number of nitrogens with two attached hydrogens (primary N) is 1. The van der Waals surface area contributed by atoms with Crippen molar-refractivity contribution in [2.75, 3.05) is 5.84 Å². The second-order valence-electron chi connectivity index (χ2n) is 5.86. The number of aromatic nitrogens is 3. The van der Waals surface area contributed by atoms with E-state index >= 15 is 0 Å². The van der Waals surface area contributed by atoms with E-state index in [1.807, 2.05) is 27.7 Å². The molecule has 2 rings (SSSR count). The van der Waals surface area contributed by atoms with Crippen molar-refractivity contribution < 1.29 is 4.39 Å². The summed E-state index contributed by atoms with van der Waals surface area (Å²) in [5.41, 5.74) is 0.731. The third-order valence-corrected chi connectivity index (χ3v) is 4.44. The standard InChI is InChI=1S/C14H18ClFN4S/c1-8(9-5-6-11(16)10(15)7-9)21-13-19-18-12(20(13)17)14(2,3)4/h5-8H,17H2,1-4H3. The lowest BCUT2D eigenvalue weighted by atomic mass is 9.96. The van der Waals surface area contributed by atoms with Crippen LogP contribution >= 0.6 is 23.4 Å². The molecule has 7 heteroatoms. The largest absolute Gasteiger partial charge is 0.336 e. The van der Waals surface area contributed by atoms with Gasteiger partial charge in [0.1, 0.15) is 5.82 Å². The van der Waals surface area contributed by atoms with Gasteiger partial charge in [-0.3, -0.25) is 0 Å². The highest BCUT2D eigenvalue weighted by molar-refractivity contribution is 7.99. The van der Waals surface area contributed by atoms with Crippen LogP contribution in [0.2, 0.25) is 5.02 Å². The molecule has 114 valence electrons. The van der Waals surface area contributed by atoms with Crippen molar-refractivity contribution in [3.8, 4) is 0 Å². The highest BCUT2D eigenvalue weighted by Gasteiger charge is 2.24. The van der Waals surface area contributed by atoms with E-state index in [0.717, 1.165) is 5.56 Å². The molecule has 1 atom stereocenters. The average molecular weight is 329 g/mol. The topological polar surface area (TPSA) is 56.7 Å². The van der Waals surface area contributed by atoms with E-state index in [2.05, 4.69) is 10.2 Å². The lowest BCUT2D eigenvalue weighted by molar-refractivity contribution is 0.523. The second kappa shape index (κ2) is 5.85. The molecule has 0 saturated carbocycles. The van der Waals surface area contributed by atoms with E-state index in [1.165, 1.54) is 22.5 Å². The summed E-state index contributed by atoms with van der Waals surface area (Å²) in [7, 11) is 0. The minimum Gasteiger partial charge on any atom is -0.336 e. The van der Waals surface area contributed by atoms with E-state index in [1.54, 1.807) is 12.1 Å². The number of rotatable bonds is 3. The number of benzene rings is 1. The van der Waals surface area contributed by atoms with Crippen molar-refractivity contribution in [2.24, 2.45) is 0 Å². The minimum atomic E-state index is -0.422. The van der Waals surface area contributed by atoms with Gasteiger partial charge in [0.25, 0.3) is 0 Å². The van der Waals surface area contributed by atoms with Crippen LogP contribution in [0.4, 0.5) is 4.39 Å². The molecule has 0 radical (unpaired) electrons. The monoisotopic (exact) mass is 328 g/mol. The lowest BCUT2D eigenvalue weighted by Crippen LogP contribution is -2.24. The zero-order chi connectivity index (χ0) is 15.8. The first-order valence-corrected chi connectivity index (χ1v) is 7.78. The molecule has 0 fully saturated rings. The highest BCUT2D eigenvalue weighted by Crippen LogP contribution is 2.35. The van der Waals surface area contributed by atoms with Gasteiger partial charge in [0.05, 0.1) is 5.02 Å². The Hall–Kier alpha value is -1.27. The Morgan fingerprint density at radius 3 is 2.52 bits per heavy atom. The van der Waals surface area contributed by atoms with Crippen LogP contribution in [0.3, 0.4) is 0 Å². The number of hydrogen-bond acceptors (Lipinski definition) is 4. The van der Waals surface area contributed by atoms with Crippen LogP contribution in [0.15, 0.2) is 23.4 Å². The summed E-state index contributed by atoms with van der Waals surface area (Å²) < 4.78 is 14.7. The zero-order valence-corrected chi connectivity index (χ0v) is 14.0. The molecule has 0 spiro atoms. The molecule has 0 bridgehead atoms. The summed E-state index contributed by atoms with van der Waals surface area (Å²) in [6.45, 7) is 8.06. The van der Waals surface area contributed by atoms with Crippen LogP contribution in [0.25, 0.3) is 0 Å². The lowest BCUT2D eigenvalue weighted by Gasteiger charge is -2.17. The molecule has 2 aromatic rings. The molecule has 0 saturated heterocycles. The maximum atomic E-state index is 13.2. The first-order chi connectivity index (χ1) is 9.70. The molecule has 1 aromatic heterocycles. The number of hydrogen-bond donors (Lipinski definition) is 1. The summed E-state index contributed by atoms with van der Waals surface area (Å²) in [4.78, 5) is 0. The van der Waals surface area contributed by atoms with E-state index in [0.29, 0.717) is 11.0 Å². The van der Waals surface area contributed by atoms with Gasteiger partial charge in [0.2, 0.25) is 5.16 Å². The average Bonchev–Trinajstić information content (AvgIpc) is 2.74. The Morgan fingerprint density at radius 2 is 2.00 bits per heavy atom. The zero-order valence-electron chi connectivity index (χ0n) is 12.4. The third-order valence-electron chi connectivity index (χ3n) is 3.03. The molecule has 0 aliphatic rings. The Labute approximate surface area is 132 Å². The van der Waals surface area contributed by atoms with Gasteiger partial charge in [-0.25, -0.2) is 9.07 Å². The summed E-state index contributed by atoms with van der Waals surface area (Å²) >= 11 is 7.27. The summed E-state index contributed by atoms with van der Waals surface area (Å²) in [6, 6.07) is 4.69. The predicted octanol–water partition coefficient (Wildman–Crippen LogP) is 3.94. The predicted molar refractivity (Wildman–Crippen MR) is 84.6 cm³/mol. The maximum Gasteiger partial charge on any atom is 0.210 e.